The summed E-state index contributed by atoms with van der Waals surface area (Å²) in [5.41, 5.74) is 0.839. The number of rotatable bonds is 7. The van der Waals surface area contributed by atoms with E-state index in [2.05, 4.69) is 15.3 Å². The van der Waals surface area contributed by atoms with E-state index in [9.17, 15) is 0 Å². The van der Waals surface area contributed by atoms with Crippen LogP contribution in [0.4, 0.5) is 5.82 Å². The van der Waals surface area contributed by atoms with Gasteiger partial charge in [-0.15, -0.1) is 0 Å². The Balaban J connectivity index is 2.54. The SMILES string of the molecule is CCc1nc(Cl)c(C)c(NCCOCCO)n1. The molecule has 6 heteroatoms. The van der Waals surface area contributed by atoms with Crippen LogP contribution < -0.4 is 5.32 Å². The highest BCUT2D eigenvalue weighted by atomic mass is 35.5. The molecule has 1 aromatic rings. The third-order valence-electron chi connectivity index (χ3n) is 2.22. The zero-order valence-corrected chi connectivity index (χ0v) is 10.9. The zero-order chi connectivity index (χ0) is 12.7. The maximum Gasteiger partial charge on any atom is 0.137 e. The van der Waals surface area contributed by atoms with Crippen molar-refractivity contribution in [3.05, 3.63) is 16.5 Å². The third kappa shape index (κ3) is 4.46. The van der Waals surface area contributed by atoms with E-state index in [4.69, 9.17) is 21.4 Å². The van der Waals surface area contributed by atoms with Crippen LogP contribution in [0.2, 0.25) is 5.15 Å². The van der Waals surface area contributed by atoms with E-state index in [1.54, 1.807) is 0 Å². The van der Waals surface area contributed by atoms with E-state index in [1.807, 2.05) is 13.8 Å². The smallest absolute Gasteiger partial charge is 0.137 e. The molecule has 96 valence electrons. The van der Waals surface area contributed by atoms with Crippen LogP contribution in [0.1, 0.15) is 18.3 Å². The van der Waals surface area contributed by atoms with Gasteiger partial charge in [-0.1, -0.05) is 18.5 Å². The number of ether oxygens (including phenoxy) is 1. The number of nitrogens with one attached hydrogen (secondary N) is 1. The van der Waals surface area contributed by atoms with Crippen molar-refractivity contribution in [2.75, 3.05) is 31.7 Å². The number of hydrogen-bond acceptors (Lipinski definition) is 5. The molecule has 17 heavy (non-hydrogen) atoms. The number of aryl methyl sites for hydroxylation is 1. The fourth-order valence-electron chi connectivity index (χ4n) is 1.27. The van der Waals surface area contributed by atoms with Crippen molar-refractivity contribution < 1.29 is 9.84 Å². The first-order chi connectivity index (χ1) is 8.19. The molecule has 0 spiro atoms. The van der Waals surface area contributed by atoms with E-state index in [1.165, 1.54) is 0 Å². The summed E-state index contributed by atoms with van der Waals surface area (Å²) in [5.74, 6) is 1.47. The highest BCUT2D eigenvalue weighted by Gasteiger charge is 2.07. The molecular formula is C11H18ClN3O2. The Kier molecular flexibility index (Phi) is 6.18. The van der Waals surface area contributed by atoms with Gasteiger partial charge in [-0.05, 0) is 6.92 Å². The predicted octanol–water partition coefficient (Wildman–Crippen LogP) is 1.42. The summed E-state index contributed by atoms with van der Waals surface area (Å²) in [6, 6.07) is 0. The topological polar surface area (TPSA) is 67.3 Å². The van der Waals surface area contributed by atoms with Crippen LogP contribution in [0.15, 0.2) is 0 Å². The molecule has 1 heterocycles. The summed E-state index contributed by atoms with van der Waals surface area (Å²) < 4.78 is 5.14. The van der Waals surface area contributed by atoms with Gasteiger partial charge in [-0.3, -0.25) is 0 Å². The van der Waals surface area contributed by atoms with Gasteiger partial charge >= 0.3 is 0 Å². The molecule has 0 aliphatic heterocycles. The molecule has 0 bridgehead atoms. The minimum absolute atomic E-state index is 0.0400. The number of hydrogen-bond donors (Lipinski definition) is 2. The van der Waals surface area contributed by atoms with Crippen molar-refractivity contribution in [2.24, 2.45) is 0 Å². The summed E-state index contributed by atoms with van der Waals surface area (Å²) in [6.07, 6.45) is 0.746. The second kappa shape index (κ2) is 7.42. The lowest BCUT2D eigenvalue weighted by atomic mass is 10.3. The zero-order valence-electron chi connectivity index (χ0n) is 10.2. The van der Waals surface area contributed by atoms with Gasteiger partial charge in [0.15, 0.2) is 0 Å². The van der Waals surface area contributed by atoms with E-state index in [0.29, 0.717) is 24.9 Å². The highest BCUT2D eigenvalue weighted by molar-refractivity contribution is 6.30. The van der Waals surface area contributed by atoms with E-state index in [0.717, 1.165) is 23.6 Å². The second-order valence-corrected chi connectivity index (χ2v) is 3.88. The lowest BCUT2D eigenvalue weighted by Gasteiger charge is -2.10. The van der Waals surface area contributed by atoms with Gasteiger partial charge in [0.05, 0.1) is 19.8 Å². The minimum Gasteiger partial charge on any atom is -0.394 e. The molecule has 0 radical (unpaired) electrons. The highest BCUT2D eigenvalue weighted by Crippen LogP contribution is 2.19. The summed E-state index contributed by atoms with van der Waals surface area (Å²) >= 11 is 6.00. The number of aliphatic hydroxyl groups excluding tert-OH is 1. The first kappa shape index (κ1) is 14.2. The van der Waals surface area contributed by atoms with Crippen LogP contribution in [0.3, 0.4) is 0 Å². The van der Waals surface area contributed by atoms with Crippen molar-refractivity contribution in [3.63, 3.8) is 0 Å². The number of aromatic nitrogens is 2. The van der Waals surface area contributed by atoms with E-state index >= 15 is 0 Å². The minimum atomic E-state index is 0.0400. The molecule has 5 nitrogen and oxygen atoms in total. The van der Waals surface area contributed by atoms with Gasteiger partial charge < -0.3 is 15.2 Å². The van der Waals surface area contributed by atoms with E-state index in [-0.39, 0.29) is 6.61 Å². The van der Waals surface area contributed by atoms with Crippen LogP contribution in [-0.2, 0) is 11.2 Å². The van der Waals surface area contributed by atoms with Gasteiger partial charge in [0.2, 0.25) is 0 Å². The number of nitrogens with zero attached hydrogens (tertiary/aromatic N) is 2. The average molecular weight is 260 g/mol. The number of aliphatic hydroxyl groups is 1. The van der Waals surface area contributed by atoms with Gasteiger partial charge in [-0.25, -0.2) is 9.97 Å². The molecule has 0 atom stereocenters. The molecule has 0 fully saturated rings. The second-order valence-electron chi connectivity index (χ2n) is 3.52. The average Bonchev–Trinajstić information content (AvgIpc) is 2.33. The Morgan fingerprint density at radius 1 is 1.35 bits per heavy atom. The Morgan fingerprint density at radius 3 is 2.76 bits per heavy atom. The summed E-state index contributed by atoms with van der Waals surface area (Å²) in [7, 11) is 0. The quantitative estimate of drug-likeness (QED) is 0.573. The Hall–Kier alpha value is -0.910. The summed E-state index contributed by atoms with van der Waals surface area (Å²) in [5, 5.41) is 12.2. The Morgan fingerprint density at radius 2 is 2.12 bits per heavy atom. The lowest BCUT2D eigenvalue weighted by Crippen LogP contribution is -2.14. The molecule has 0 aliphatic rings. The molecule has 1 rings (SSSR count). The van der Waals surface area contributed by atoms with Gasteiger partial charge in [-0.2, -0.15) is 0 Å². The molecule has 1 aromatic heterocycles. The molecule has 0 unspecified atom stereocenters. The van der Waals surface area contributed by atoms with Crippen molar-refractivity contribution in [3.8, 4) is 0 Å². The van der Waals surface area contributed by atoms with Crippen LogP contribution >= 0.6 is 11.6 Å². The standard InChI is InChI=1S/C11H18ClN3O2/c1-3-9-14-10(12)8(2)11(15-9)13-4-6-17-7-5-16/h16H,3-7H2,1-2H3,(H,13,14,15). The van der Waals surface area contributed by atoms with Crippen LogP contribution in [0.25, 0.3) is 0 Å². The molecule has 0 amide bonds. The fourth-order valence-corrected chi connectivity index (χ4v) is 1.46. The van der Waals surface area contributed by atoms with Gasteiger partial charge in [0.25, 0.3) is 0 Å². The summed E-state index contributed by atoms with van der Waals surface area (Å²) in [6.45, 7) is 5.39. The normalized spacial score (nSPS) is 10.6. The number of anilines is 1. The van der Waals surface area contributed by atoms with Crippen LogP contribution in [0.5, 0.6) is 0 Å². The molecule has 2 N–H and O–H groups in total. The third-order valence-corrected chi connectivity index (χ3v) is 2.59. The van der Waals surface area contributed by atoms with Gasteiger partial charge in [0.1, 0.15) is 16.8 Å². The molecular weight excluding hydrogens is 242 g/mol. The monoisotopic (exact) mass is 259 g/mol. The molecule has 0 saturated heterocycles. The lowest BCUT2D eigenvalue weighted by molar-refractivity contribution is 0.0992. The van der Waals surface area contributed by atoms with Gasteiger partial charge in [0, 0.05) is 18.5 Å². The first-order valence-electron chi connectivity index (χ1n) is 5.64. The fraction of sp³-hybridized carbons (Fsp3) is 0.636. The van der Waals surface area contributed by atoms with Crippen molar-refractivity contribution in [2.45, 2.75) is 20.3 Å². The number of halogens is 1. The Bertz CT molecular complexity index is 361. The van der Waals surface area contributed by atoms with Crippen molar-refractivity contribution in [1.29, 1.82) is 0 Å². The maximum atomic E-state index is 8.55. The maximum absolute atomic E-state index is 8.55. The van der Waals surface area contributed by atoms with E-state index < -0.39 is 0 Å². The molecule has 0 aliphatic carbocycles. The van der Waals surface area contributed by atoms with Crippen LogP contribution in [0, 0.1) is 6.92 Å². The summed E-state index contributed by atoms with van der Waals surface area (Å²) in [4.78, 5) is 8.52. The Labute approximate surface area is 106 Å². The molecule has 0 saturated carbocycles. The van der Waals surface area contributed by atoms with Crippen molar-refractivity contribution >= 4 is 17.4 Å². The first-order valence-corrected chi connectivity index (χ1v) is 6.02. The largest absolute Gasteiger partial charge is 0.394 e. The predicted molar refractivity (Wildman–Crippen MR) is 67.6 cm³/mol. The van der Waals surface area contributed by atoms with Crippen LogP contribution in [-0.4, -0.2) is 41.4 Å². The van der Waals surface area contributed by atoms with Crippen molar-refractivity contribution in [1.82, 2.24) is 9.97 Å². The molecule has 0 aromatic carbocycles.